The molecule has 0 atom stereocenters. The lowest BCUT2D eigenvalue weighted by atomic mass is 10.1. The quantitative estimate of drug-likeness (QED) is 0.653. The van der Waals surface area contributed by atoms with Gasteiger partial charge in [0.2, 0.25) is 0 Å². The van der Waals surface area contributed by atoms with Crippen LogP contribution in [-0.2, 0) is 0 Å². The van der Waals surface area contributed by atoms with E-state index in [1.807, 2.05) is 5.38 Å². The van der Waals surface area contributed by atoms with Gasteiger partial charge < -0.3 is 10.4 Å². The lowest BCUT2D eigenvalue weighted by molar-refractivity contribution is -0.384. The first kappa shape index (κ1) is 12.1. The molecule has 2 N–H and O–H groups in total. The Hall–Kier alpha value is -2.41. The largest absolute Gasteiger partial charge is 0.477 e. The van der Waals surface area contributed by atoms with Gasteiger partial charge in [-0.3, -0.25) is 10.1 Å². The van der Waals surface area contributed by atoms with Gasteiger partial charge in [-0.15, -0.1) is 0 Å². The number of nitrogens with one attached hydrogen (secondary N) is 1. The number of hydrogen-bond acceptors (Lipinski definition) is 5. The number of nitrogens with zero attached hydrogens (tertiary/aromatic N) is 1. The molecule has 0 saturated carbocycles. The fourth-order valence-electron chi connectivity index (χ4n) is 1.50. The van der Waals surface area contributed by atoms with Crippen LogP contribution in [0.2, 0.25) is 0 Å². The first-order chi connectivity index (χ1) is 8.59. The Morgan fingerprint density at radius 3 is 2.72 bits per heavy atom. The van der Waals surface area contributed by atoms with Crippen molar-refractivity contribution in [3.8, 4) is 0 Å². The molecule has 0 unspecified atom stereocenters. The van der Waals surface area contributed by atoms with Gasteiger partial charge >= 0.3 is 11.7 Å². The van der Waals surface area contributed by atoms with Gasteiger partial charge in [0.05, 0.1) is 4.92 Å². The maximum absolute atomic E-state index is 11.0. The second-order valence-electron chi connectivity index (χ2n) is 3.40. The average molecular weight is 264 g/mol. The van der Waals surface area contributed by atoms with Crippen molar-refractivity contribution in [2.75, 3.05) is 5.32 Å². The molecule has 18 heavy (non-hydrogen) atoms. The van der Waals surface area contributed by atoms with Crippen LogP contribution in [0.15, 0.2) is 35.0 Å². The third-order valence-corrected chi connectivity index (χ3v) is 2.93. The molecule has 0 saturated heterocycles. The average Bonchev–Trinajstić information content (AvgIpc) is 2.81. The molecule has 6 nitrogen and oxygen atoms in total. The number of aromatic carboxylic acids is 1. The molecule has 1 aromatic heterocycles. The summed E-state index contributed by atoms with van der Waals surface area (Å²) >= 11 is 1.43. The van der Waals surface area contributed by atoms with Crippen LogP contribution in [0, 0.1) is 10.1 Å². The summed E-state index contributed by atoms with van der Waals surface area (Å²) in [5.41, 5.74) is 0.0837. The molecular weight excluding hydrogens is 256 g/mol. The number of rotatable bonds is 4. The van der Waals surface area contributed by atoms with Crippen molar-refractivity contribution in [3.05, 3.63) is 50.7 Å². The molecule has 0 spiro atoms. The van der Waals surface area contributed by atoms with E-state index >= 15 is 0 Å². The highest BCUT2D eigenvalue weighted by Gasteiger charge is 2.24. The minimum atomic E-state index is -1.32. The summed E-state index contributed by atoms with van der Waals surface area (Å²) in [7, 11) is 0. The van der Waals surface area contributed by atoms with Gasteiger partial charge in [0.15, 0.2) is 0 Å². The van der Waals surface area contributed by atoms with Crippen LogP contribution in [-0.4, -0.2) is 16.0 Å². The zero-order valence-electron chi connectivity index (χ0n) is 8.99. The molecule has 1 aromatic carbocycles. The van der Waals surface area contributed by atoms with Crippen LogP contribution in [0.25, 0.3) is 0 Å². The van der Waals surface area contributed by atoms with Gasteiger partial charge in [-0.1, -0.05) is 6.07 Å². The van der Waals surface area contributed by atoms with E-state index in [9.17, 15) is 14.9 Å². The summed E-state index contributed by atoms with van der Waals surface area (Å²) in [5, 5.41) is 26.3. The molecule has 0 aliphatic carbocycles. The molecule has 7 heteroatoms. The standard InChI is InChI=1S/C11H8N2O4S/c14-11(15)8-2-1-3-9(10(8)13(16)17)12-7-4-5-18-6-7/h1-6,12H,(H,14,15). The predicted molar refractivity (Wildman–Crippen MR) is 67.7 cm³/mol. The van der Waals surface area contributed by atoms with E-state index in [4.69, 9.17) is 5.11 Å². The maximum atomic E-state index is 11.0. The summed E-state index contributed by atoms with van der Waals surface area (Å²) in [4.78, 5) is 21.2. The number of nitro benzene ring substituents is 1. The van der Waals surface area contributed by atoms with Gasteiger partial charge in [0.1, 0.15) is 11.3 Å². The Morgan fingerprint density at radius 1 is 1.39 bits per heavy atom. The molecule has 0 amide bonds. The number of carbonyl (C=O) groups is 1. The lowest BCUT2D eigenvalue weighted by Crippen LogP contribution is -2.05. The Kier molecular flexibility index (Phi) is 3.24. The van der Waals surface area contributed by atoms with Crippen molar-refractivity contribution < 1.29 is 14.8 Å². The third-order valence-electron chi connectivity index (χ3n) is 2.25. The number of carboxylic acid groups (broad SMARTS) is 1. The van der Waals surface area contributed by atoms with Crippen molar-refractivity contribution >= 4 is 34.4 Å². The molecule has 0 bridgehead atoms. The van der Waals surface area contributed by atoms with Crippen molar-refractivity contribution in [1.29, 1.82) is 0 Å². The zero-order chi connectivity index (χ0) is 13.1. The topological polar surface area (TPSA) is 92.5 Å². The van der Waals surface area contributed by atoms with E-state index in [1.165, 1.54) is 29.5 Å². The normalized spacial score (nSPS) is 10.0. The van der Waals surface area contributed by atoms with E-state index in [1.54, 1.807) is 11.4 Å². The monoisotopic (exact) mass is 264 g/mol. The van der Waals surface area contributed by atoms with Gasteiger partial charge in [-0.05, 0) is 23.6 Å². The maximum Gasteiger partial charge on any atom is 0.342 e. The van der Waals surface area contributed by atoms with Crippen LogP contribution in [0.5, 0.6) is 0 Å². The molecule has 2 aromatic rings. The number of hydrogen-bond donors (Lipinski definition) is 2. The SMILES string of the molecule is O=C(O)c1cccc(Nc2ccsc2)c1[N+](=O)[O-]. The molecule has 0 aliphatic rings. The summed E-state index contributed by atoms with van der Waals surface area (Å²) in [6, 6.07) is 5.90. The third kappa shape index (κ3) is 2.30. The van der Waals surface area contributed by atoms with Crippen LogP contribution in [0.4, 0.5) is 17.1 Å². The highest BCUT2D eigenvalue weighted by Crippen LogP contribution is 2.31. The molecular formula is C11H8N2O4S. The van der Waals surface area contributed by atoms with E-state index in [0.29, 0.717) is 5.69 Å². The fourth-order valence-corrected chi connectivity index (χ4v) is 2.09. The highest BCUT2D eigenvalue weighted by atomic mass is 32.1. The number of thiophene rings is 1. The number of benzene rings is 1. The van der Waals surface area contributed by atoms with Crippen LogP contribution >= 0.6 is 11.3 Å². The molecule has 0 fully saturated rings. The van der Waals surface area contributed by atoms with E-state index < -0.39 is 16.6 Å². The number of para-hydroxylation sites is 1. The molecule has 0 aliphatic heterocycles. The smallest absolute Gasteiger partial charge is 0.342 e. The van der Waals surface area contributed by atoms with E-state index in [0.717, 1.165) is 0 Å². The zero-order valence-corrected chi connectivity index (χ0v) is 9.81. The summed E-state index contributed by atoms with van der Waals surface area (Å²) < 4.78 is 0. The van der Waals surface area contributed by atoms with Crippen LogP contribution in [0.1, 0.15) is 10.4 Å². The minimum Gasteiger partial charge on any atom is -0.477 e. The van der Waals surface area contributed by atoms with Crippen molar-refractivity contribution in [2.24, 2.45) is 0 Å². The molecule has 1 heterocycles. The molecule has 0 radical (unpaired) electrons. The second kappa shape index (κ2) is 4.84. The first-order valence-electron chi connectivity index (χ1n) is 4.89. The number of carboxylic acids is 1. The Labute approximate surface area is 106 Å². The highest BCUT2D eigenvalue weighted by molar-refractivity contribution is 7.08. The van der Waals surface area contributed by atoms with Crippen molar-refractivity contribution in [1.82, 2.24) is 0 Å². The van der Waals surface area contributed by atoms with Crippen molar-refractivity contribution in [3.63, 3.8) is 0 Å². The van der Waals surface area contributed by atoms with Crippen molar-refractivity contribution in [2.45, 2.75) is 0 Å². The summed E-state index contributed by atoms with van der Waals surface area (Å²) in [6.45, 7) is 0. The van der Waals surface area contributed by atoms with Crippen LogP contribution < -0.4 is 5.32 Å². The van der Waals surface area contributed by atoms with Gasteiger partial charge in [-0.25, -0.2) is 4.79 Å². The van der Waals surface area contributed by atoms with Gasteiger partial charge in [0, 0.05) is 11.1 Å². The Balaban J connectivity index is 2.49. The molecule has 92 valence electrons. The Morgan fingerprint density at radius 2 is 2.17 bits per heavy atom. The van der Waals surface area contributed by atoms with E-state index in [-0.39, 0.29) is 11.3 Å². The van der Waals surface area contributed by atoms with Gasteiger partial charge in [0.25, 0.3) is 0 Å². The minimum absolute atomic E-state index is 0.165. The fraction of sp³-hybridized carbons (Fsp3) is 0. The Bertz CT molecular complexity index is 595. The lowest BCUT2D eigenvalue weighted by Gasteiger charge is -2.06. The number of anilines is 2. The summed E-state index contributed by atoms with van der Waals surface area (Å²) in [5.74, 6) is -1.32. The second-order valence-corrected chi connectivity index (χ2v) is 4.18. The number of nitro groups is 1. The van der Waals surface area contributed by atoms with E-state index in [2.05, 4.69) is 5.32 Å². The molecule has 2 rings (SSSR count). The summed E-state index contributed by atoms with van der Waals surface area (Å²) in [6.07, 6.45) is 0. The predicted octanol–water partition coefficient (Wildman–Crippen LogP) is 3.10. The first-order valence-corrected chi connectivity index (χ1v) is 5.84. The van der Waals surface area contributed by atoms with Gasteiger partial charge in [-0.2, -0.15) is 11.3 Å². The van der Waals surface area contributed by atoms with Crippen LogP contribution in [0.3, 0.4) is 0 Å².